The molecule has 4 nitrogen and oxygen atoms in total. The normalized spacial score (nSPS) is 13.8. The van der Waals surface area contributed by atoms with E-state index in [1.54, 1.807) is 20.0 Å². The van der Waals surface area contributed by atoms with Crippen LogP contribution in [-0.2, 0) is 4.79 Å². The summed E-state index contributed by atoms with van der Waals surface area (Å²) in [4.78, 5) is 11.4. The summed E-state index contributed by atoms with van der Waals surface area (Å²) in [5, 5.41) is 5.54. The van der Waals surface area contributed by atoms with E-state index in [4.69, 9.17) is 4.74 Å². The number of carbonyl (C=O) groups excluding carboxylic acids is 1. The SMILES string of the molecule is CNC(=O)C(C)Oc1cc(F)ccc1C(C)NC. The van der Waals surface area contributed by atoms with Gasteiger partial charge in [0.2, 0.25) is 0 Å². The van der Waals surface area contributed by atoms with Gasteiger partial charge in [0.1, 0.15) is 11.6 Å². The van der Waals surface area contributed by atoms with Crippen LogP contribution >= 0.6 is 0 Å². The molecule has 2 unspecified atom stereocenters. The van der Waals surface area contributed by atoms with Crippen molar-refractivity contribution in [2.24, 2.45) is 0 Å². The molecule has 0 bridgehead atoms. The van der Waals surface area contributed by atoms with Crippen LogP contribution < -0.4 is 15.4 Å². The summed E-state index contributed by atoms with van der Waals surface area (Å²) in [6.07, 6.45) is -0.667. The maximum Gasteiger partial charge on any atom is 0.260 e. The van der Waals surface area contributed by atoms with Crippen LogP contribution in [-0.4, -0.2) is 26.1 Å². The van der Waals surface area contributed by atoms with Crippen LogP contribution in [0, 0.1) is 5.82 Å². The highest BCUT2D eigenvalue weighted by molar-refractivity contribution is 5.80. The predicted molar refractivity (Wildman–Crippen MR) is 68.0 cm³/mol. The van der Waals surface area contributed by atoms with E-state index in [0.717, 1.165) is 5.56 Å². The fourth-order valence-corrected chi connectivity index (χ4v) is 1.57. The number of hydrogen-bond acceptors (Lipinski definition) is 3. The molecule has 0 spiro atoms. The lowest BCUT2D eigenvalue weighted by Crippen LogP contribution is -2.34. The van der Waals surface area contributed by atoms with Gasteiger partial charge in [-0.15, -0.1) is 0 Å². The summed E-state index contributed by atoms with van der Waals surface area (Å²) >= 11 is 0. The van der Waals surface area contributed by atoms with Gasteiger partial charge < -0.3 is 15.4 Å². The molecule has 2 atom stereocenters. The standard InChI is InChI=1S/C13H19FN2O2/c1-8(15-3)11-6-5-10(14)7-12(11)18-9(2)13(17)16-4/h5-9,15H,1-4H3,(H,16,17). The molecular weight excluding hydrogens is 235 g/mol. The summed E-state index contributed by atoms with van der Waals surface area (Å²) < 4.78 is 18.8. The van der Waals surface area contributed by atoms with Gasteiger partial charge in [0.15, 0.2) is 6.10 Å². The summed E-state index contributed by atoms with van der Waals surface area (Å²) in [6, 6.07) is 4.34. The third-order valence-electron chi connectivity index (χ3n) is 2.79. The van der Waals surface area contributed by atoms with E-state index >= 15 is 0 Å². The molecule has 2 N–H and O–H groups in total. The largest absolute Gasteiger partial charge is 0.480 e. The molecule has 0 heterocycles. The summed E-state index contributed by atoms with van der Waals surface area (Å²) in [5.41, 5.74) is 0.814. The molecule has 18 heavy (non-hydrogen) atoms. The molecule has 0 aliphatic rings. The van der Waals surface area contributed by atoms with Crippen LogP contribution in [0.5, 0.6) is 5.75 Å². The molecule has 1 amide bonds. The molecule has 0 aliphatic heterocycles. The number of rotatable bonds is 5. The first kappa shape index (κ1) is 14.4. The Morgan fingerprint density at radius 1 is 1.33 bits per heavy atom. The lowest BCUT2D eigenvalue weighted by atomic mass is 10.1. The maximum absolute atomic E-state index is 13.2. The lowest BCUT2D eigenvalue weighted by Gasteiger charge is -2.19. The van der Waals surface area contributed by atoms with Crippen LogP contribution in [0.4, 0.5) is 4.39 Å². The summed E-state index contributed by atoms with van der Waals surface area (Å²) in [6.45, 7) is 3.56. The molecular formula is C13H19FN2O2. The van der Waals surface area contributed by atoms with Gasteiger partial charge in [-0.1, -0.05) is 6.07 Å². The second-order valence-electron chi connectivity index (χ2n) is 4.07. The summed E-state index contributed by atoms with van der Waals surface area (Å²) in [7, 11) is 3.34. The number of carbonyl (C=O) groups is 1. The van der Waals surface area contributed by atoms with Crippen molar-refractivity contribution in [1.82, 2.24) is 10.6 Å². The highest BCUT2D eigenvalue weighted by atomic mass is 19.1. The average Bonchev–Trinajstić information content (AvgIpc) is 2.37. The van der Waals surface area contributed by atoms with Crippen molar-refractivity contribution in [3.63, 3.8) is 0 Å². The van der Waals surface area contributed by atoms with Crippen LogP contribution in [0.3, 0.4) is 0 Å². The van der Waals surface area contributed by atoms with E-state index in [9.17, 15) is 9.18 Å². The zero-order chi connectivity index (χ0) is 13.7. The number of halogens is 1. The van der Waals surface area contributed by atoms with Crippen molar-refractivity contribution < 1.29 is 13.9 Å². The molecule has 0 aromatic heterocycles. The van der Waals surface area contributed by atoms with E-state index in [1.165, 1.54) is 19.2 Å². The van der Waals surface area contributed by atoms with Crippen molar-refractivity contribution >= 4 is 5.91 Å². The van der Waals surface area contributed by atoms with E-state index in [0.29, 0.717) is 5.75 Å². The van der Waals surface area contributed by atoms with Gasteiger partial charge in [-0.2, -0.15) is 0 Å². The Bertz CT molecular complexity index is 423. The molecule has 0 fully saturated rings. The minimum Gasteiger partial charge on any atom is -0.480 e. The predicted octanol–water partition coefficient (Wildman–Crippen LogP) is 1.62. The molecule has 0 aliphatic carbocycles. The first-order valence-electron chi connectivity index (χ1n) is 5.84. The third kappa shape index (κ3) is 3.43. The molecule has 0 radical (unpaired) electrons. The van der Waals surface area contributed by atoms with Gasteiger partial charge in [0, 0.05) is 24.7 Å². The Morgan fingerprint density at radius 2 is 2.00 bits per heavy atom. The van der Waals surface area contributed by atoms with E-state index in [2.05, 4.69) is 10.6 Å². The van der Waals surface area contributed by atoms with Crippen molar-refractivity contribution in [2.45, 2.75) is 26.0 Å². The van der Waals surface area contributed by atoms with E-state index < -0.39 is 6.10 Å². The van der Waals surface area contributed by atoms with Crippen molar-refractivity contribution in [2.75, 3.05) is 14.1 Å². The highest BCUT2D eigenvalue weighted by Crippen LogP contribution is 2.26. The number of benzene rings is 1. The van der Waals surface area contributed by atoms with E-state index in [1.807, 2.05) is 6.92 Å². The Balaban J connectivity index is 2.98. The zero-order valence-corrected chi connectivity index (χ0v) is 11.1. The van der Waals surface area contributed by atoms with Gasteiger partial charge >= 0.3 is 0 Å². The minimum absolute atomic E-state index is 0.0116. The number of hydrogen-bond donors (Lipinski definition) is 2. The van der Waals surface area contributed by atoms with Gasteiger partial charge in [-0.25, -0.2) is 4.39 Å². The van der Waals surface area contributed by atoms with Gasteiger partial charge in [0.25, 0.3) is 5.91 Å². The van der Waals surface area contributed by atoms with Crippen LogP contribution in [0.25, 0.3) is 0 Å². The first-order chi connectivity index (χ1) is 8.49. The van der Waals surface area contributed by atoms with Gasteiger partial charge in [0.05, 0.1) is 0 Å². The molecule has 5 heteroatoms. The topological polar surface area (TPSA) is 50.4 Å². The molecule has 1 aromatic rings. The van der Waals surface area contributed by atoms with Crippen molar-refractivity contribution in [3.05, 3.63) is 29.6 Å². The Kier molecular flexibility index (Phi) is 5.09. The average molecular weight is 254 g/mol. The fourth-order valence-electron chi connectivity index (χ4n) is 1.57. The Hall–Kier alpha value is -1.62. The summed E-state index contributed by atoms with van der Waals surface area (Å²) in [5.74, 6) is -0.253. The molecule has 0 saturated heterocycles. The quantitative estimate of drug-likeness (QED) is 0.839. The molecule has 1 rings (SSSR count). The number of likely N-dealkylation sites (N-methyl/N-ethyl adjacent to an activating group) is 1. The minimum atomic E-state index is -0.667. The van der Waals surface area contributed by atoms with E-state index in [-0.39, 0.29) is 17.8 Å². The molecule has 100 valence electrons. The highest BCUT2D eigenvalue weighted by Gasteiger charge is 2.17. The molecule has 1 aromatic carbocycles. The monoisotopic (exact) mass is 254 g/mol. The first-order valence-corrected chi connectivity index (χ1v) is 5.84. The smallest absolute Gasteiger partial charge is 0.260 e. The fraction of sp³-hybridized carbons (Fsp3) is 0.462. The van der Waals surface area contributed by atoms with Crippen LogP contribution in [0.2, 0.25) is 0 Å². The lowest BCUT2D eigenvalue weighted by molar-refractivity contribution is -0.126. The second kappa shape index (κ2) is 6.35. The van der Waals surface area contributed by atoms with Crippen molar-refractivity contribution in [3.8, 4) is 5.75 Å². The second-order valence-corrected chi connectivity index (χ2v) is 4.07. The Labute approximate surface area is 107 Å². The zero-order valence-electron chi connectivity index (χ0n) is 11.1. The number of nitrogens with one attached hydrogen (secondary N) is 2. The van der Waals surface area contributed by atoms with Crippen LogP contribution in [0.1, 0.15) is 25.5 Å². The Morgan fingerprint density at radius 3 is 2.56 bits per heavy atom. The van der Waals surface area contributed by atoms with Crippen LogP contribution in [0.15, 0.2) is 18.2 Å². The maximum atomic E-state index is 13.2. The molecule has 0 saturated carbocycles. The number of ether oxygens (including phenoxy) is 1. The van der Waals surface area contributed by atoms with Gasteiger partial charge in [-0.3, -0.25) is 4.79 Å². The number of amides is 1. The third-order valence-corrected chi connectivity index (χ3v) is 2.79. The van der Waals surface area contributed by atoms with Gasteiger partial charge in [-0.05, 0) is 27.0 Å². The van der Waals surface area contributed by atoms with Crippen molar-refractivity contribution in [1.29, 1.82) is 0 Å².